The Morgan fingerprint density at radius 1 is 1.08 bits per heavy atom. The fourth-order valence-electron chi connectivity index (χ4n) is 2.59. The number of aliphatic imine (C=N–C) groups is 1. The molecule has 0 unspecified atom stereocenters. The van der Waals surface area contributed by atoms with Crippen LogP contribution in [-0.2, 0) is 13.6 Å². The van der Waals surface area contributed by atoms with Crippen molar-refractivity contribution in [2.24, 2.45) is 12.0 Å². The topological polar surface area (TPSA) is 54.2 Å². The van der Waals surface area contributed by atoms with Crippen molar-refractivity contribution >= 4 is 52.7 Å². The molecular weight excluding hydrogens is 457 g/mol. The van der Waals surface area contributed by atoms with Crippen LogP contribution in [0.25, 0.3) is 11.0 Å². The molecule has 0 atom stereocenters. The zero-order chi connectivity index (χ0) is 17.5. The Bertz CT molecular complexity index is 848. The largest absolute Gasteiger partial charge is 0.356 e. The fraction of sp³-hybridized carbons (Fsp3) is 0.263. The Labute approximate surface area is 175 Å². The van der Waals surface area contributed by atoms with E-state index in [9.17, 15) is 0 Å². The summed E-state index contributed by atoms with van der Waals surface area (Å²) in [6, 6.07) is 18.6. The van der Waals surface area contributed by atoms with E-state index >= 15 is 0 Å². The molecule has 138 valence electrons. The van der Waals surface area contributed by atoms with E-state index in [-0.39, 0.29) is 24.0 Å². The van der Waals surface area contributed by atoms with Gasteiger partial charge in [-0.3, -0.25) is 4.99 Å². The lowest BCUT2D eigenvalue weighted by Gasteiger charge is -2.11. The lowest BCUT2D eigenvalue weighted by atomic mass is 10.3. The first-order valence-electron chi connectivity index (χ1n) is 8.30. The molecule has 26 heavy (non-hydrogen) atoms. The summed E-state index contributed by atoms with van der Waals surface area (Å²) in [5.74, 6) is 2.76. The molecule has 0 amide bonds. The maximum absolute atomic E-state index is 4.67. The third kappa shape index (κ3) is 5.38. The van der Waals surface area contributed by atoms with E-state index in [1.54, 1.807) is 7.05 Å². The molecule has 0 fully saturated rings. The van der Waals surface area contributed by atoms with Gasteiger partial charge in [-0.05, 0) is 24.3 Å². The van der Waals surface area contributed by atoms with Crippen LogP contribution in [0.4, 0.5) is 0 Å². The van der Waals surface area contributed by atoms with Gasteiger partial charge in [0.05, 0.1) is 17.6 Å². The summed E-state index contributed by atoms with van der Waals surface area (Å²) in [6.07, 6.45) is 0. The Morgan fingerprint density at radius 3 is 2.54 bits per heavy atom. The van der Waals surface area contributed by atoms with Gasteiger partial charge in [0.1, 0.15) is 5.82 Å². The van der Waals surface area contributed by atoms with Crippen LogP contribution in [-0.4, -0.2) is 34.9 Å². The third-order valence-corrected chi connectivity index (χ3v) is 4.94. The summed E-state index contributed by atoms with van der Waals surface area (Å²) in [4.78, 5) is 10.2. The highest BCUT2D eigenvalue weighted by Gasteiger charge is 2.07. The molecule has 0 aliphatic heterocycles. The number of nitrogens with zero attached hydrogens (tertiary/aromatic N) is 3. The minimum atomic E-state index is 0. The molecule has 2 aromatic carbocycles. The summed E-state index contributed by atoms with van der Waals surface area (Å²) in [6.45, 7) is 1.48. The van der Waals surface area contributed by atoms with Gasteiger partial charge in [-0.25, -0.2) is 4.98 Å². The number of hydrogen-bond acceptors (Lipinski definition) is 3. The number of imidazole rings is 1. The SMILES string of the molecule is CN=C(NCCSc1ccccc1)NCc1nc2ccccc2n1C.I. The van der Waals surface area contributed by atoms with Gasteiger partial charge in [0.25, 0.3) is 0 Å². The van der Waals surface area contributed by atoms with Gasteiger partial charge >= 0.3 is 0 Å². The summed E-state index contributed by atoms with van der Waals surface area (Å²) in [5, 5.41) is 6.68. The molecule has 0 spiro atoms. The molecule has 0 aliphatic carbocycles. The Balaban J connectivity index is 0.00000243. The normalized spacial score (nSPS) is 11.2. The number of halogens is 1. The second-order valence-electron chi connectivity index (χ2n) is 5.59. The van der Waals surface area contributed by atoms with Gasteiger partial charge in [-0.1, -0.05) is 30.3 Å². The van der Waals surface area contributed by atoms with Crippen LogP contribution in [0.3, 0.4) is 0 Å². The van der Waals surface area contributed by atoms with E-state index in [2.05, 4.69) is 55.5 Å². The maximum atomic E-state index is 4.67. The molecule has 7 heteroatoms. The molecular formula is C19H24IN5S. The molecule has 3 aromatic rings. The summed E-state index contributed by atoms with van der Waals surface area (Å²) < 4.78 is 2.11. The maximum Gasteiger partial charge on any atom is 0.191 e. The van der Waals surface area contributed by atoms with Crippen molar-refractivity contribution in [2.75, 3.05) is 19.3 Å². The van der Waals surface area contributed by atoms with Gasteiger partial charge < -0.3 is 15.2 Å². The monoisotopic (exact) mass is 481 g/mol. The Hall–Kier alpha value is -1.74. The van der Waals surface area contributed by atoms with E-state index < -0.39 is 0 Å². The quantitative estimate of drug-likeness (QED) is 0.186. The number of nitrogens with one attached hydrogen (secondary N) is 2. The van der Waals surface area contributed by atoms with Crippen molar-refractivity contribution in [2.45, 2.75) is 11.4 Å². The lowest BCUT2D eigenvalue weighted by Crippen LogP contribution is -2.38. The average Bonchev–Trinajstić information content (AvgIpc) is 2.98. The van der Waals surface area contributed by atoms with E-state index in [4.69, 9.17) is 0 Å². The van der Waals surface area contributed by atoms with Gasteiger partial charge in [-0.2, -0.15) is 0 Å². The van der Waals surface area contributed by atoms with Crippen LogP contribution in [0.1, 0.15) is 5.82 Å². The van der Waals surface area contributed by atoms with E-state index in [1.807, 2.05) is 43.1 Å². The standard InChI is InChI=1S/C19H23N5S.HI/c1-20-19(21-12-13-25-15-8-4-3-5-9-15)22-14-18-23-16-10-6-7-11-17(16)24(18)2;/h3-11H,12-14H2,1-2H3,(H2,20,21,22);1H. The zero-order valence-electron chi connectivity index (χ0n) is 15.0. The third-order valence-electron chi connectivity index (χ3n) is 3.92. The Kier molecular flexibility index (Phi) is 8.24. The molecule has 3 rings (SSSR count). The van der Waals surface area contributed by atoms with Gasteiger partial charge in [-0.15, -0.1) is 35.7 Å². The van der Waals surface area contributed by atoms with E-state index in [1.165, 1.54) is 4.90 Å². The van der Waals surface area contributed by atoms with Crippen LogP contribution >= 0.6 is 35.7 Å². The number of guanidine groups is 1. The van der Waals surface area contributed by atoms with Crippen molar-refractivity contribution in [3.63, 3.8) is 0 Å². The number of aryl methyl sites for hydroxylation is 1. The van der Waals surface area contributed by atoms with Gasteiger partial charge in [0.15, 0.2) is 5.96 Å². The molecule has 5 nitrogen and oxygen atoms in total. The van der Waals surface area contributed by atoms with Crippen LogP contribution < -0.4 is 10.6 Å². The first-order valence-corrected chi connectivity index (χ1v) is 9.29. The summed E-state index contributed by atoms with van der Waals surface area (Å²) in [5.41, 5.74) is 2.16. The molecule has 0 radical (unpaired) electrons. The molecule has 0 saturated carbocycles. The average molecular weight is 481 g/mol. The number of benzene rings is 2. The summed E-state index contributed by atoms with van der Waals surface area (Å²) >= 11 is 1.83. The predicted octanol–water partition coefficient (Wildman–Crippen LogP) is 3.65. The first-order chi connectivity index (χ1) is 12.3. The number of para-hydroxylation sites is 2. The van der Waals surface area contributed by atoms with Crippen LogP contribution in [0.5, 0.6) is 0 Å². The highest BCUT2D eigenvalue weighted by molar-refractivity contribution is 14.0. The molecule has 2 N–H and O–H groups in total. The van der Waals surface area contributed by atoms with Crippen molar-refractivity contribution in [1.82, 2.24) is 20.2 Å². The van der Waals surface area contributed by atoms with Crippen LogP contribution in [0.2, 0.25) is 0 Å². The molecule has 0 aliphatic rings. The van der Waals surface area contributed by atoms with Crippen molar-refractivity contribution in [3.05, 3.63) is 60.4 Å². The first kappa shape index (κ1) is 20.6. The highest BCUT2D eigenvalue weighted by Crippen LogP contribution is 2.16. The summed E-state index contributed by atoms with van der Waals surface area (Å²) in [7, 11) is 3.83. The number of aromatic nitrogens is 2. The number of hydrogen-bond donors (Lipinski definition) is 2. The molecule has 1 aromatic heterocycles. The number of rotatable bonds is 6. The number of thioether (sulfide) groups is 1. The number of fused-ring (bicyclic) bond motifs is 1. The van der Waals surface area contributed by atoms with Crippen molar-refractivity contribution in [3.8, 4) is 0 Å². The van der Waals surface area contributed by atoms with Gasteiger partial charge in [0, 0.05) is 31.3 Å². The second kappa shape index (κ2) is 10.4. The lowest BCUT2D eigenvalue weighted by molar-refractivity contribution is 0.743. The highest BCUT2D eigenvalue weighted by atomic mass is 127. The van der Waals surface area contributed by atoms with E-state index in [0.29, 0.717) is 6.54 Å². The smallest absolute Gasteiger partial charge is 0.191 e. The fourth-order valence-corrected chi connectivity index (χ4v) is 3.38. The second-order valence-corrected chi connectivity index (χ2v) is 6.76. The van der Waals surface area contributed by atoms with Crippen molar-refractivity contribution in [1.29, 1.82) is 0 Å². The van der Waals surface area contributed by atoms with Crippen LogP contribution in [0, 0.1) is 0 Å². The van der Waals surface area contributed by atoms with Gasteiger partial charge in [0.2, 0.25) is 0 Å². The molecule has 1 heterocycles. The molecule has 0 bridgehead atoms. The van der Waals surface area contributed by atoms with E-state index in [0.717, 1.165) is 35.1 Å². The minimum absolute atomic E-state index is 0. The Morgan fingerprint density at radius 2 is 1.81 bits per heavy atom. The van der Waals surface area contributed by atoms with Crippen molar-refractivity contribution < 1.29 is 0 Å². The molecule has 0 saturated heterocycles. The zero-order valence-corrected chi connectivity index (χ0v) is 18.1. The predicted molar refractivity (Wildman–Crippen MR) is 121 cm³/mol. The van der Waals surface area contributed by atoms with Crippen LogP contribution in [0.15, 0.2) is 64.5 Å². The minimum Gasteiger partial charge on any atom is -0.356 e.